The first-order valence-electron chi connectivity index (χ1n) is 7.96. The molecule has 0 amide bonds. The van der Waals surface area contributed by atoms with Crippen molar-refractivity contribution in [2.75, 3.05) is 6.54 Å². The fraction of sp³-hybridized carbons (Fsp3) is 1.00. The second-order valence-electron chi connectivity index (χ2n) is 6.19. The summed E-state index contributed by atoms with van der Waals surface area (Å²) < 4.78 is 0. The van der Waals surface area contributed by atoms with Gasteiger partial charge in [0.05, 0.1) is 0 Å². The van der Waals surface area contributed by atoms with Crippen LogP contribution in [0.25, 0.3) is 0 Å². The molecule has 1 fully saturated rings. The molecule has 0 bridgehead atoms. The molecule has 1 saturated carbocycles. The third-order valence-corrected chi connectivity index (χ3v) is 4.73. The van der Waals surface area contributed by atoms with Gasteiger partial charge in [-0.25, -0.2) is 0 Å². The molecule has 1 heteroatoms. The average Bonchev–Trinajstić information content (AvgIpc) is 2.82. The first-order valence-corrected chi connectivity index (χ1v) is 7.96. The minimum absolute atomic E-state index is 0.650. The molecule has 0 radical (unpaired) electrons. The van der Waals surface area contributed by atoms with E-state index >= 15 is 0 Å². The van der Waals surface area contributed by atoms with E-state index in [1.807, 2.05) is 0 Å². The smallest absolute Gasteiger partial charge is 0.00389 e. The molecule has 1 nitrogen and oxygen atoms in total. The number of unbranched alkanes of at least 4 members (excludes halogenated alkanes) is 3. The van der Waals surface area contributed by atoms with Gasteiger partial charge in [0.2, 0.25) is 0 Å². The van der Waals surface area contributed by atoms with Crippen molar-refractivity contribution in [1.82, 2.24) is 5.32 Å². The Morgan fingerprint density at radius 2 is 1.76 bits per heavy atom. The third kappa shape index (κ3) is 5.42. The zero-order chi connectivity index (χ0) is 12.6. The zero-order valence-corrected chi connectivity index (χ0v) is 12.4. The summed E-state index contributed by atoms with van der Waals surface area (Å²) in [5.74, 6) is 0. The second-order valence-corrected chi connectivity index (χ2v) is 6.19. The van der Waals surface area contributed by atoms with Crippen molar-refractivity contribution in [2.45, 2.75) is 91.0 Å². The van der Waals surface area contributed by atoms with Gasteiger partial charge in [0.15, 0.2) is 0 Å². The second kappa shape index (κ2) is 8.13. The molecule has 17 heavy (non-hydrogen) atoms. The summed E-state index contributed by atoms with van der Waals surface area (Å²) in [6, 6.07) is 0.718. The molecule has 1 aliphatic rings. The van der Waals surface area contributed by atoms with E-state index < -0.39 is 0 Å². The predicted molar refractivity (Wildman–Crippen MR) is 77.4 cm³/mol. The lowest BCUT2D eigenvalue weighted by Gasteiger charge is -2.29. The zero-order valence-electron chi connectivity index (χ0n) is 12.4. The van der Waals surface area contributed by atoms with Gasteiger partial charge >= 0.3 is 0 Å². The van der Waals surface area contributed by atoms with Gasteiger partial charge in [-0.2, -0.15) is 0 Å². The van der Waals surface area contributed by atoms with E-state index in [-0.39, 0.29) is 0 Å². The first-order chi connectivity index (χ1) is 8.22. The van der Waals surface area contributed by atoms with Crippen LogP contribution >= 0.6 is 0 Å². The van der Waals surface area contributed by atoms with Gasteiger partial charge < -0.3 is 5.32 Å². The van der Waals surface area contributed by atoms with Crippen LogP contribution in [-0.4, -0.2) is 12.6 Å². The Hall–Kier alpha value is -0.0400. The quantitative estimate of drug-likeness (QED) is 0.564. The minimum atomic E-state index is 0.650. The van der Waals surface area contributed by atoms with Gasteiger partial charge in [-0.15, -0.1) is 0 Å². The Kier molecular flexibility index (Phi) is 7.18. The Labute approximate surface area is 109 Å². The molecule has 0 spiro atoms. The summed E-state index contributed by atoms with van der Waals surface area (Å²) in [5, 5.41) is 3.79. The summed E-state index contributed by atoms with van der Waals surface area (Å²) in [4.78, 5) is 0. The predicted octanol–water partition coefficient (Wildman–Crippen LogP) is 4.91. The van der Waals surface area contributed by atoms with Crippen LogP contribution in [0.1, 0.15) is 85.0 Å². The molecule has 1 N–H and O–H groups in total. The maximum Gasteiger partial charge on any atom is 0.00389 e. The van der Waals surface area contributed by atoms with Crippen LogP contribution in [0.5, 0.6) is 0 Å². The van der Waals surface area contributed by atoms with Gasteiger partial charge in [-0.1, -0.05) is 52.4 Å². The van der Waals surface area contributed by atoms with E-state index in [4.69, 9.17) is 0 Å². The van der Waals surface area contributed by atoms with Crippen LogP contribution in [0.2, 0.25) is 0 Å². The lowest BCUT2D eigenvalue weighted by atomic mass is 9.83. The highest BCUT2D eigenvalue weighted by atomic mass is 14.9. The Bertz CT molecular complexity index is 182. The van der Waals surface area contributed by atoms with E-state index in [1.54, 1.807) is 0 Å². The molecule has 0 aromatic rings. The van der Waals surface area contributed by atoms with Crippen molar-refractivity contribution in [1.29, 1.82) is 0 Å². The van der Waals surface area contributed by atoms with Gasteiger partial charge in [0.25, 0.3) is 0 Å². The topological polar surface area (TPSA) is 12.0 Å². The van der Waals surface area contributed by atoms with Crippen LogP contribution in [0.15, 0.2) is 0 Å². The van der Waals surface area contributed by atoms with Gasteiger partial charge in [0, 0.05) is 12.6 Å². The lowest BCUT2D eigenvalue weighted by molar-refractivity contribution is 0.255. The standard InChI is InChI=1S/C16H33N/c1-4-6-7-8-11-15(3)17-14-16(5-2)12-9-10-13-16/h15,17H,4-14H2,1-3H3. The monoisotopic (exact) mass is 239 g/mol. The first kappa shape index (κ1) is 15.0. The van der Waals surface area contributed by atoms with Crippen molar-refractivity contribution < 1.29 is 0 Å². The van der Waals surface area contributed by atoms with Crippen LogP contribution in [0.3, 0.4) is 0 Å². The lowest BCUT2D eigenvalue weighted by Crippen LogP contribution is -2.36. The highest BCUT2D eigenvalue weighted by molar-refractivity contribution is 4.86. The normalized spacial score (nSPS) is 20.6. The number of rotatable bonds is 9. The largest absolute Gasteiger partial charge is 0.314 e. The number of hydrogen-bond donors (Lipinski definition) is 1. The molecule has 0 aromatic carbocycles. The van der Waals surface area contributed by atoms with E-state index in [0.29, 0.717) is 5.41 Å². The highest BCUT2D eigenvalue weighted by Crippen LogP contribution is 2.40. The molecule has 1 rings (SSSR count). The molecule has 1 unspecified atom stereocenters. The fourth-order valence-electron chi connectivity index (χ4n) is 3.15. The highest BCUT2D eigenvalue weighted by Gasteiger charge is 2.31. The molecular weight excluding hydrogens is 206 g/mol. The number of nitrogens with one attached hydrogen (secondary N) is 1. The summed E-state index contributed by atoms with van der Waals surface area (Å²) in [7, 11) is 0. The number of hydrogen-bond acceptors (Lipinski definition) is 1. The van der Waals surface area contributed by atoms with Crippen molar-refractivity contribution >= 4 is 0 Å². The Balaban J connectivity index is 2.11. The minimum Gasteiger partial charge on any atom is -0.314 e. The van der Waals surface area contributed by atoms with Crippen LogP contribution in [-0.2, 0) is 0 Å². The van der Waals surface area contributed by atoms with Crippen LogP contribution in [0.4, 0.5) is 0 Å². The average molecular weight is 239 g/mol. The van der Waals surface area contributed by atoms with Crippen molar-refractivity contribution in [3.8, 4) is 0 Å². The molecule has 0 heterocycles. The summed E-state index contributed by atoms with van der Waals surface area (Å²) in [6.07, 6.45) is 14.1. The van der Waals surface area contributed by atoms with Gasteiger partial charge in [0.1, 0.15) is 0 Å². The summed E-state index contributed by atoms with van der Waals surface area (Å²) >= 11 is 0. The van der Waals surface area contributed by atoms with E-state index in [1.165, 1.54) is 70.8 Å². The van der Waals surface area contributed by atoms with E-state index in [2.05, 4.69) is 26.1 Å². The molecular formula is C16H33N. The van der Waals surface area contributed by atoms with E-state index in [0.717, 1.165) is 6.04 Å². The molecule has 1 aliphatic carbocycles. The maximum absolute atomic E-state index is 3.79. The molecule has 0 saturated heterocycles. The van der Waals surface area contributed by atoms with Crippen molar-refractivity contribution in [2.24, 2.45) is 5.41 Å². The molecule has 102 valence electrons. The Morgan fingerprint density at radius 1 is 1.06 bits per heavy atom. The fourth-order valence-corrected chi connectivity index (χ4v) is 3.15. The SMILES string of the molecule is CCCCCCC(C)NCC1(CC)CCCC1. The van der Waals surface area contributed by atoms with Crippen molar-refractivity contribution in [3.63, 3.8) is 0 Å². The van der Waals surface area contributed by atoms with E-state index in [9.17, 15) is 0 Å². The summed E-state index contributed by atoms with van der Waals surface area (Å²) in [6.45, 7) is 8.29. The van der Waals surface area contributed by atoms with Crippen LogP contribution < -0.4 is 5.32 Å². The van der Waals surface area contributed by atoms with Crippen LogP contribution in [0, 0.1) is 5.41 Å². The van der Waals surface area contributed by atoms with Crippen molar-refractivity contribution in [3.05, 3.63) is 0 Å². The molecule has 0 aromatic heterocycles. The molecule has 1 atom stereocenters. The van der Waals surface area contributed by atoms with Gasteiger partial charge in [-0.05, 0) is 38.0 Å². The Morgan fingerprint density at radius 3 is 2.35 bits per heavy atom. The summed E-state index contributed by atoms with van der Waals surface area (Å²) in [5.41, 5.74) is 0.650. The third-order valence-electron chi connectivity index (χ3n) is 4.73. The maximum atomic E-state index is 3.79. The van der Waals surface area contributed by atoms with Gasteiger partial charge in [-0.3, -0.25) is 0 Å². The molecule has 0 aliphatic heterocycles.